The summed E-state index contributed by atoms with van der Waals surface area (Å²) in [7, 11) is 0. The third kappa shape index (κ3) is 5.86. The molecule has 3 aromatic rings. The number of amides is 2. The van der Waals surface area contributed by atoms with Crippen LogP contribution in [0.3, 0.4) is 0 Å². The molecular formula is C19H18F3N5OS2. The zero-order chi connectivity index (χ0) is 21.7. The van der Waals surface area contributed by atoms with Gasteiger partial charge in [0.05, 0.1) is 17.9 Å². The molecule has 3 N–H and O–H groups in total. The molecule has 6 nitrogen and oxygen atoms in total. The maximum absolute atomic E-state index is 12.7. The molecule has 3 rings (SSSR count). The van der Waals surface area contributed by atoms with Gasteiger partial charge < -0.3 is 10.6 Å². The second kappa shape index (κ2) is 9.35. The normalized spacial score (nSPS) is 12.3. The van der Waals surface area contributed by atoms with Crippen LogP contribution >= 0.6 is 23.1 Å². The Labute approximate surface area is 179 Å². The first-order chi connectivity index (χ1) is 14.2. The van der Waals surface area contributed by atoms with E-state index in [1.165, 1.54) is 0 Å². The number of anilines is 3. The SMILES string of the molecule is CSc1cccc(Nc2ccc(NC(=O)NC(C)c3nc(C(F)(F)F)cs3)nc2)c1. The van der Waals surface area contributed by atoms with E-state index in [1.807, 2.05) is 30.5 Å². The molecule has 0 saturated carbocycles. The number of urea groups is 1. The van der Waals surface area contributed by atoms with E-state index in [0.29, 0.717) is 5.82 Å². The van der Waals surface area contributed by atoms with Crippen LogP contribution < -0.4 is 16.0 Å². The third-order valence-electron chi connectivity index (χ3n) is 3.89. The number of halogens is 3. The Morgan fingerprint density at radius 3 is 2.63 bits per heavy atom. The molecule has 2 amide bonds. The van der Waals surface area contributed by atoms with E-state index in [9.17, 15) is 18.0 Å². The highest BCUT2D eigenvalue weighted by molar-refractivity contribution is 7.98. The van der Waals surface area contributed by atoms with Gasteiger partial charge in [0.15, 0.2) is 5.69 Å². The van der Waals surface area contributed by atoms with E-state index in [1.54, 1.807) is 37.0 Å². The molecule has 1 unspecified atom stereocenters. The van der Waals surface area contributed by atoms with E-state index in [-0.39, 0.29) is 5.01 Å². The summed E-state index contributed by atoms with van der Waals surface area (Å²) in [6.45, 7) is 1.56. The van der Waals surface area contributed by atoms with Crippen LogP contribution in [0.2, 0.25) is 0 Å². The maximum Gasteiger partial charge on any atom is 0.434 e. The molecule has 0 bridgehead atoms. The van der Waals surface area contributed by atoms with Crippen molar-refractivity contribution in [2.45, 2.75) is 24.0 Å². The molecule has 0 radical (unpaired) electrons. The molecule has 30 heavy (non-hydrogen) atoms. The zero-order valence-electron chi connectivity index (χ0n) is 15.9. The highest BCUT2D eigenvalue weighted by Crippen LogP contribution is 2.31. The predicted octanol–water partition coefficient (Wildman–Crippen LogP) is 5.91. The second-order valence-corrected chi connectivity index (χ2v) is 7.95. The molecule has 158 valence electrons. The van der Waals surface area contributed by atoms with Crippen molar-refractivity contribution >= 4 is 46.3 Å². The largest absolute Gasteiger partial charge is 0.434 e. The van der Waals surface area contributed by atoms with Gasteiger partial charge in [-0.25, -0.2) is 14.8 Å². The Morgan fingerprint density at radius 1 is 1.20 bits per heavy atom. The van der Waals surface area contributed by atoms with Crippen LogP contribution in [0.4, 0.5) is 35.2 Å². The number of benzene rings is 1. The highest BCUT2D eigenvalue weighted by Gasteiger charge is 2.34. The topological polar surface area (TPSA) is 78.9 Å². The van der Waals surface area contributed by atoms with E-state index < -0.39 is 23.9 Å². The average molecular weight is 454 g/mol. The lowest BCUT2D eigenvalue weighted by Crippen LogP contribution is -2.31. The van der Waals surface area contributed by atoms with Gasteiger partial charge in [0.25, 0.3) is 0 Å². The fourth-order valence-corrected chi connectivity index (χ4v) is 3.73. The third-order valence-corrected chi connectivity index (χ3v) is 5.65. The Kier molecular flexibility index (Phi) is 6.83. The summed E-state index contributed by atoms with van der Waals surface area (Å²) in [5.41, 5.74) is 0.692. The van der Waals surface area contributed by atoms with Crippen molar-refractivity contribution in [3.05, 3.63) is 58.7 Å². The van der Waals surface area contributed by atoms with Crippen molar-refractivity contribution in [3.63, 3.8) is 0 Å². The average Bonchev–Trinajstić information content (AvgIpc) is 3.20. The smallest absolute Gasteiger partial charge is 0.354 e. The number of pyridine rings is 1. The van der Waals surface area contributed by atoms with E-state index in [0.717, 1.165) is 33.0 Å². The van der Waals surface area contributed by atoms with Gasteiger partial charge in [-0.05, 0) is 43.5 Å². The number of hydrogen-bond donors (Lipinski definition) is 3. The van der Waals surface area contributed by atoms with Gasteiger partial charge in [-0.15, -0.1) is 23.1 Å². The van der Waals surface area contributed by atoms with Gasteiger partial charge >= 0.3 is 12.2 Å². The summed E-state index contributed by atoms with van der Waals surface area (Å²) in [4.78, 5) is 20.9. The number of carbonyl (C=O) groups excluding carboxylic acids is 1. The molecule has 11 heteroatoms. The number of thiazole rings is 1. The number of rotatable bonds is 6. The van der Waals surface area contributed by atoms with E-state index in [4.69, 9.17) is 0 Å². The van der Waals surface area contributed by atoms with Gasteiger partial charge in [0.2, 0.25) is 0 Å². The van der Waals surface area contributed by atoms with Crippen LogP contribution in [0.15, 0.2) is 52.9 Å². The number of aromatic nitrogens is 2. The van der Waals surface area contributed by atoms with Crippen LogP contribution in [0.1, 0.15) is 23.7 Å². The molecule has 1 aromatic carbocycles. The van der Waals surface area contributed by atoms with Gasteiger partial charge in [0.1, 0.15) is 10.8 Å². The first-order valence-electron chi connectivity index (χ1n) is 8.72. The van der Waals surface area contributed by atoms with Gasteiger partial charge in [-0.2, -0.15) is 13.2 Å². The highest BCUT2D eigenvalue weighted by atomic mass is 32.2. The van der Waals surface area contributed by atoms with E-state index in [2.05, 4.69) is 25.9 Å². The molecule has 2 heterocycles. The summed E-state index contributed by atoms with van der Waals surface area (Å²) >= 11 is 2.48. The number of carbonyl (C=O) groups is 1. The first kappa shape index (κ1) is 21.9. The molecule has 0 aliphatic carbocycles. The van der Waals surface area contributed by atoms with Crippen LogP contribution in [0.25, 0.3) is 0 Å². The molecule has 0 fully saturated rings. The van der Waals surface area contributed by atoms with Crippen molar-refractivity contribution < 1.29 is 18.0 Å². The lowest BCUT2D eigenvalue weighted by Gasteiger charge is -2.13. The fraction of sp³-hybridized carbons (Fsp3) is 0.211. The zero-order valence-corrected chi connectivity index (χ0v) is 17.6. The van der Waals surface area contributed by atoms with Crippen LogP contribution in [-0.2, 0) is 6.18 Å². The summed E-state index contributed by atoms with van der Waals surface area (Å²) in [5, 5.41) is 9.41. The number of nitrogens with one attached hydrogen (secondary N) is 3. The van der Waals surface area contributed by atoms with Gasteiger partial charge in [-0.3, -0.25) is 5.32 Å². The Bertz CT molecular complexity index is 1010. The van der Waals surface area contributed by atoms with Crippen LogP contribution in [-0.4, -0.2) is 22.3 Å². The molecule has 0 spiro atoms. The van der Waals surface area contributed by atoms with E-state index >= 15 is 0 Å². The second-order valence-electron chi connectivity index (χ2n) is 6.18. The lowest BCUT2D eigenvalue weighted by molar-refractivity contribution is -0.140. The Morgan fingerprint density at radius 2 is 2.00 bits per heavy atom. The number of thioether (sulfide) groups is 1. The Balaban J connectivity index is 1.55. The van der Waals surface area contributed by atoms with Crippen LogP contribution in [0, 0.1) is 0 Å². The Hall–Kier alpha value is -2.79. The monoisotopic (exact) mass is 453 g/mol. The number of alkyl halides is 3. The molecule has 0 aliphatic rings. The summed E-state index contributed by atoms with van der Waals surface area (Å²) < 4.78 is 38.0. The van der Waals surface area contributed by atoms with Crippen LogP contribution in [0.5, 0.6) is 0 Å². The fourth-order valence-electron chi connectivity index (χ4n) is 2.44. The number of hydrogen-bond acceptors (Lipinski definition) is 6. The number of nitrogens with zero attached hydrogens (tertiary/aromatic N) is 2. The predicted molar refractivity (Wildman–Crippen MR) is 113 cm³/mol. The summed E-state index contributed by atoms with van der Waals surface area (Å²) in [6.07, 6.45) is -0.939. The van der Waals surface area contributed by atoms with Crippen molar-refractivity contribution in [3.8, 4) is 0 Å². The quantitative estimate of drug-likeness (QED) is 0.405. The molecular weight excluding hydrogens is 435 g/mol. The van der Waals surface area contributed by atoms with Crippen molar-refractivity contribution in [1.29, 1.82) is 0 Å². The minimum absolute atomic E-state index is 0.164. The van der Waals surface area contributed by atoms with Gasteiger partial charge in [0, 0.05) is 16.0 Å². The van der Waals surface area contributed by atoms with Gasteiger partial charge in [-0.1, -0.05) is 6.07 Å². The minimum Gasteiger partial charge on any atom is -0.354 e. The maximum atomic E-state index is 12.7. The van der Waals surface area contributed by atoms with Crippen molar-refractivity contribution in [2.24, 2.45) is 0 Å². The molecule has 2 aromatic heterocycles. The summed E-state index contributed by atoms with van der Waals surface area (Å²) in [6, 6.07) is 10.0. The minimum atomic E-state index is -4.51. The molecule has 0 aliphatic heterocycles. The lowest BCUT2D eigenvalue weighted by atomic mass is 10.3. The standard InChI is InChI=1S/C19H18F3N5OS2/c1-11(17-26-15(10-30-17)19(20,21)22)24-18(28)27-16-7-6-13(9-23-16)25-12-4-3-5-14(8-12)29-2/h3-11,25H,1-2H3,(H2,23,24,27,28). The summed E-state index contributed by atoms with van der Waals surface area (Å²) in [5.74, 6) is 0.304. The van der Waals surface area contributed by atoms with Crippen molar-refractivity contribution in [2.75, 3.05) is 16.9 Å². The molecule has 1 atom stereocenters. The molecule has 0 saturated heterocycles. The van der Waals surface area contributed by atoms with Crippen molar-refractivity contribution in [1.82, 2.24) is 15.3 Å². The first-order valence-corrected chi connectivity index (χ1v) is 10.8.